The van der Waals surface area contributed by atoms with Gasteiger partial charge in [-0.05, 0) is 0 Å². The largest absolute Gasteiger partial charge is 0.337 e. The molecule has 0 bridgehead atoms. The quantitative estimate of drug-likeness (QED) is 0.340. The van der Waals surface area contributed by atoms with Crippen LogP contribution in [0.1, 0.15) is 5.56 Å². The van der Waals surface area contributed by atoms with Crippen LogP contribution in [0.5, 0.6) is 0 Å². The second-order valence-electron chi connectivity index (χ2n) is 2.76. The van der Waals surface area contributed by atoms with E-state index in [1.807, 2.05) is 12.2 Å². The molecular formula is C8H9N5O. The number of amides is 2. The van der Waals surface area contributed by atoms with Crippen molar-refractivity contribution >= 4 is 17.9 Å². The Morgan fingerprint density at radius 1 is 1.64 bits per heavy atom. The third kappa shape index (κ3) is 1.31. The standard InChI is InChI=1S/C8H9N5O/c9-12-8(14)13-3-1-2-6-4-10-5-11-7(6)13/h1-2,4-5H,3,9H2,(H,12,14). The lowest BCUT2D eigenvalue weighted by Crippen LogP contribution is -2.45. The first-order valence-corrected chi connectivity index (χ1v) is 4.07. The van der Waals surface area contributed by atoms with Gasteiger partial charge in [-0.3, -0.25) is 10.3 Å². The molecule has 0 saturated heterocycles. The molecule has 0 aromatic carbocycles. The van der Waals surface area contributed by atoms with E-state index in [1.165, 1.54) is 11.2 Å². The number of rotatable bonds is 0. The molecule has 1 aromatic rings. The lowest BCUT2D eigenvalue weighted by atomic mass is 10.2. The lowest BCUT2D eigenvalue weighted by molar-refractivity contribution is 0.247. The summed E-state index contributed by atoms with van der Waals surface area (Å²) in [6.45, 7) is 0.465. The fourth-order valence-corrected chi connectivity index (χ4v) is 1.31. The molecule has 2 heterocycles. The van der Waals surface area contributed by atoms with E-state index < -0.39 is 0 Å². The van der Waals surface area contributed by atoms with Gasteiger partial charge in [0.05, 0.1) is 0 Å². The van der Waals surface area contributed by atoms with Gasteiger partial charge >= 0.3 is 6.03 Å². The molecule has 6 nitrogen and oxygen atoms in total. The molecule has 14 heavy (non-hydrogen) atoms. The van der Waals surface area contributed by atoms with Crippen LogP contribution in [0.3, 0.4) is 0 Å². The normalized spacial score (nSPS) is 13.6. The van der Waals surface area contributed by atoms with Gasteiger partial charge < -0.3 is 0 Å². The summed E-state index contributed by atoms with van der Waals surface area (Å²) in [4.78, 5) is 20.6. The van der Waals surface area contributed by atoms with Crippen molar-refractivity contribution in [1.82, 2.24) is 15.4 Å². The molecule has 6 heteroatoms. The van der Waals surface area contributed by atoms with Crippen molar-refractivity contribution in [3.8, 4) is 0 Å². The van der Waals surface area contributed by atoms with Crippen LogP contribution < -0.4 is 16.2 Å². The topological polar surface area (TPSA) is 84.1 Å². The summed E-state index contributed by atoms with van der Waals surface area (Å²) in [6, 6.07) is -0.380. The Morgan fingerprint density at radius 2 is 2.50 bits per heavy atom. The molecule has 0 spiro atoms. The second kappa shape index (κ2) is 3.43. The molecule has 2 amide bonds. The SMILES string of the molecule is NNC(=O)N1CC=Cc2cncnc21. The average Bonchev–Trinajstić information content (AvgIpc) is 2.27. The fourth-order valence-electron chi connectivity index (χ4n) is 1.31. The van der Waals surface area contributed by atoms with Gasteiger partial charge in [-0.2, -0.15) is 0 Å². The summed E-state index contributed by atoms with van der Waals surface area (Å²) in [5, 5.41) is 0. The minimum atomic E-state index is -0.380. The number of hydrogen-bond acceptors (Lipinski definition) is 4. The molecule has 2 rings (SSSR count). The van der Waals surface area contributed by atoms with Crippen molar-refractivity contribution in [2.45, 2.75) is 0 Å². The Kier molecular flexibility index (Phi) is 2.11. The van der Waals surface area contributed by atoms with Crippen molar-refractivity contribution in [1.29, 1.82) is 0 Å². The van der Waals surface area contributed by atoms with Gasteiger partial charge in [0.2, 0.25) is 0 Å². The molecular weight excluding hydrogens is 182 g/mol. The molecule has 0 radical (unpaired) electrons. The van der Waals surface area contributed by atoms with E-state index in [0.29, 0.717) is 12.4 Å². The second-order valence-corrected chi connectivity index (χ2v) is 2.76. The first-order chi connectivity index (χ1) is 6.83. The molecule has 1 aromatic heterocycles. The first-order valence-electron chi connectivity index (χ1n) is 4.07. The van der Waals surface area contributed by atoms with E-state index in [1.54, 1.807) is 6.20 Å². The zero-order chi connectivity index (χ0) is 9.97. The van der Waals surface area contributed by atoms with E-state index >= 15 is 0 Å². The number of anilines is 1. The number of nitrogens with one attached hydrogen (secondary N) is 1. The molecule has 0 atom stereocenters. The Bertz CT molecular complexity index is 389. The van der Waals surface area contributed by atoms with Crippen LogP contribution in [0.4, 0.5) is 10.6 Å². The third-order valence-electron chi connectivity index (χ3n) is 1.93. The van der Waals surface area contributed by atoms with E-state index in [-0.39, 0.29) is 6.03 Å². The number of carbonyl (C=O) groups is 1. The highest BCUT2D eigenvalue weighted by atomic mass is 16.2. The zero-order valence-electron chi connectivity index (χ0n) is 7.34. The van der Waals surface area contributed by atoms with Crippen molar-refractivity contribution in [2.24, 2.45) is 5.84 Å². The highest BCUT2D eigenvalue weighted by molar-refractivity contribution is 5.94. The predicted octanol–water partition coefficient (Wildman–Crippen LogP) is -0.107. The maximum atomic E-state index is 11.3. The summed E-state index contributed by atoms with van der Waals surface area (Å²) in [6.07, 6.45) is 6.76. The van der Waals surface area contributed by atoms with Crippen LogP contribution >= 0.6 is 0 Å². The summed E-state index contributed by atoms with van der Waals surface area (Å²) in [5.74, 6) is 5.63. The number of carbonyl (C=O) groups excluding carboxylic acids is 1. The van der Waals surface area contributed by atoms with Gasteiger partial charge in [-0.15, -0.1) is 0 Å². The van der Waals surface area contributed by atoms with Crippen molar-refractivity contribution in [3.63, 3.8) is 0 Å². The van der Waals surface area contributed by atoms with Crippen molar-refractivity contribution in [3.05, 3.63) is 24.2 Å². The van der Waals surface area contributed by atoms with Gasteiger partial charge in [0.1, 0.15) is 12.1 Å². The van der Waals surface area contributed by atoms with E-state index in [0.717, 1.165) is 5.56 Å². The predicted molar refractivity (Wildman–Crippen MR) is 51.1 cm³/mol. The average molecular weight is 191 g/mol. The number of aromatic nitrogens is 2. The maximum Gasteiger partial charge on any atom is 0.337 e. The number of urea groups is 1. The van der Waals surface area contributed by atoms with Gasteiger partial charge in [0, 0.05) is 18.3 Å². The number of nitrogens with zero attached hydrogens (tertiary/aromatic N) is 3. The highest BCUT2D eigenvalue weighted by Crippen LogP contribution is 2.21. The maximum absolute atomic E-state index is 11.3. The molecule has 1 aliphatic rings. The molecule has 0 saturated carbocycles. The summed E-state index contributed by atoms with van der Waals surface area (Å²) in [5.41, 5.74) is 2.88. The van der Waals surface area contributed by atoms with E-state index in [4.69, 9.17) is 5.84 Å². The van der Waals surface area contributed by atoms with Crippen LogP contribution in [-0.2, 0) is 0 Å². The smallest absolute Gasteiger partial charge is 0.275 e. The Hall–Kier alpha value is -1.95. The number of hydrogen-bond donors (Lipinski definition) is 2. The Morgan fingerprint density at radius 3 is 3.29 bits per heavy atom. The van der Waals surface area contributed by atoms with Gasteiger partial charge in [0.25, 0.3) is 0 Å². The molecule has 0 fully saturated rings. The van der Waals surface area contributed by atoms with Crippen molar-refractivity contribution < 1.29 is 4.79 Å². The molecule has 1 aliphatic heterocycles. The van der Waals surface area contributed by atoms with Crippen LogP contribution in [0.25, 0.3) is 6.08 Å². The fraction of sp³-hybridized carbons (Fsp3) is 0.125. The van der Waals surface area contributed by atoms with E-state index in [2.05, 4.69) is 15.4 Å². The summed E-state index contributed by atoms with van der Waals surface area (Å²) in [7, 11) is 0. The summed E-state index contributed by atoms with van der Waals surface area (Å²) < 4.78 is 0. The first kappa shape index (κ1) is 8.64. The highest BCUT2D eigenvalue weighted by Gasteiger charge is 2.19. The molecule has 3 N–H and O–H groups in total. The van der Waals surface area contributed by atoms with Crippen molar-refractivity contribution in [2.75, 3.05) is 11.4 Å². The lowest BCUT2D eigenvalue weighted by Gasteiger charge is -2.23. The van der Waals surface area contributed by atoms with Gasteiger partial charge in [-0.25, -0.2) is 20.6 Å². The number of fused-ring (bicyclic) bond motifs is 1. The Labute approximate surface area is 80.4 Å². The molecule has 72 valence electrons. The Balaban J connectivity index is 2.40. The van der Waals surface area contributed by atoms with Crippen LogP contribution in [-0.4, -0.2) is 22.5 Å². The van der Waals surface area contributed by atoms with E-state index in [9.17, 15) is 4.79 Å². The molecule has 0 aliphatic carbocycles. The molecule has 0 unspecified atom stereocenters. The zero-order valence-corrected chi connectivity index (χ0v) is 7.34. The van der Waals surface area contributed by atoms with Gasteiger partial charge in [-0.1, -0.05) is 12.2 Å². The number of nitrogens with two attached hydrogens (primary N) is 1. The summed E-state index contributed by atoms with van der Waals surface area (Å²) >= 11 is 0. The van der Waals surface area contributed by atoms with Gasteiger partial charge in [0.15, 0.2) is 0 Å². The van der Waals surface area contributed by atoms with Crippen LogP contribution in [0.2, 0.25) is 0 Å². The van der Waals surface area contributed by atoms with Crippen LogP contribution in [0.15, 0.2) is 18.6 Å². The monoisotopic (exact) mass is 191 g/mol. The third-order valence-corrected chi connectivity index (χ3v) is 1.93. The van der Waals surface area contributed by atoms with Crippen LogP contribution in [0, 0.1) is 0 Å². The number of hydrazine groups is 1. The minimum absolute atomic E-state index is 0.380. The minimum Gasteiger partial charge on any atom is -0.275 e.